The predicted molar refractivity (Wildman–Crippen MR) is 70.3 cm³/mol. The molecule has 0 unspecified atom stereocenters. The summed E-state index contributed by atoms with van der Waals surface area (Å²) in [7, 11) is 0. The fraction of sp³-hybridized carbons (Fsp3) is 0.455. The van der Waals surface area contributed by atoms with Gasteiger partial charge in [-0.15, -0.1) is 12.4 Å². The van der Waals surface area contributed by atoms with Crippen LogP contribution in [0.15, 0.2) is 18.2 Å². The molecule has 1 N–H and O–H groups in total. The summed E-state index contributed by atoms with van der Waals surface area (Å²) in [4.78, 5) is 0. The average molecular weight is 269 g/mol. The molecule has 4 heteroatoms. The molecule has 0 radical (unpaired) electrons. The second-order valence-corrected chi connectivity index (χ2v) is 4.54. The first-order valence-electron chi connectivity index (χ1n) is 4.75. The lowest BCUT2D eigenvalue weighted by atomic mass is 10.2. The van der Waals surface area contributed by atoms with E-state index in [0.29, 0.717) is 5.92 Å². The quantitative estimate of drug-likeness (QED) is 0.864. The fourth-order valence-electron chi connectivity index (χ4n) is 1.19. The van der Waals surface area contributed by atoms with Gasteiger partial charge in [0.15, 0.2) is 0 Å². The molecule has 86 valence electrons. The first-order valence-corrected chi connectivity index (χ1v) is 5.50. The molecule has 0 spiro atoms. The lowest BCUT2D eigenvalue weighted by Gasteiger charge is -2.10. The molecule has 0 aromatic heterocycles. The Morgan fingerprint density at radius 1 is 1.20 bits per heavy atom. The third-order valence-electron chi connectivity index (χ3n) is 1.92. The van der Waals surface area contributed by atoms with Gasteiger partial charge >= 0.3 is 0 Å². The molecule has 0 aliphatic carbocycles. The summed E-state index contributed by atoms with van der Waals surface area (Å²) < 4.78 is 0. The van der Waals surface area contributed by atoms with Crippen molar-refractivity contribution in [3.05, 3.63) is 33.8 Å². The normalized spacial score (nSPS) is 10.2. The third kappa shape index (κ3) is 5.07. The molecule has 0 atom stereocenters. The third-order valence-corrected chi connectivity index (χ3v) is 2.62. The Morgan fingerprint density at radius 3 is 2.20 bits per heavy atom. The van der Waals surface area contributed by atoms with E-state index < -0.39 is 0 Å². The van der Waals surface area contributed by atoms with Crippen molar-refractivity contribution in [2.45, 2.75) is 20.4 Å². The molecule has 0 saturated carbocycles. The molecule has 1 nitrogen and oxygen atoms in total. The van der Waals surface area contributed by atoms with Gasteiger partial charge in [0, 0.05) is 22.2 Å². The van der Waals surface area contributed by atoms with Gasteiger partial charge in [-0.3, -0.25) is 0 Å². The summed E-state index contributed by atoms with van der Waals surface area (Å²) >= 11 is 12.0. The van der Waals surface area contributed by atoms with Crippen LogP contribution in [0, 0.1) is 5.92 Å². The van der Waals surface area contributed by atoms with Gasteiger partial charge in [-0.05, 0) is 24.6 Å². The second kappa shape index (κ2) is 7.34. The van der Waals surface area contributed by atoms with Crippen LogP contribution in [-0.4, -0.2) is 6.54 Å². The van der Waals surface area contributed by atoms with Crippen LogP contribution in [0.2, 0.25) is 10.0 Å². The maximum atomic E-state index is 6.02. The number of nitrogens with one attached hydrogen (secondary N) is 1. The molecule has 0 heterocycles. The van der Waals surface area contributed by atoms with Gasteiger partial charge < -0.3 is 5.32 Å². The van der Waals surface area contributed by atoms with Gasteiger partial charge in [0.2, 0.25) is 0 Å². The lowest BCUT2D eigenvalue weighted by molar-refractivity contribution is 0.552. The van der Waals surface area contributed by atoms with Crippen LogP contribution in [0.1, 0.15) is 19.4 Å². The fourth-order valence-corrected chi connectivity index (χ4v) is 1.72. The van der Waals surface area contributed by atoms with Crippen LogP contribution in [0.4, 0.5) is 0 Å². The van der Waals surface area contributed by atoms with Crippen molar-refractivity contribution in [2.24, 2.45) is 5.92 Å². The topological polar surface area (TPSA) is 12.0 Å². The maximum Gasteiger partial charge on any atom is 0.0465 e. The van der Waals surface area contributed by atoms with Crippen LogP contribution < -0.4 is 5.32 Å². The van der Waals surface area contributed by atoms with Crippen molar-refractivity contribution in [3.8, 4) is 0 Å². The Hall–Kier alpha value is 0.0500. The Morgan fingerprint density at radius 2 is 1.73 bits per heavy atom. The average Bonchev–Trinajstić information content (AvgIpc) is 2.09. The Balaban J connectivity index is 0.00000196. The molecular formula is C11H16Cl3N. The lowest BCUT2D eigenvalue weighted by Crippen LogP contribution is -2.19. The molecule has 0 fully saturated rings. The summed E-state index contributed by atoms with van der Waals surface area (Å²) in [6, 6.07) is 5.58. The summed E-state index contributed by atoms with van der Waals surface area (Å²) in [5.74, 6) is 0.635. The van der Waals surface area contributed by atoms with Crippen molar-refractivity contribution in [1.82, 2.24) is 5.32 Å². The van der Waals surface area contributed by atoms with Crippen molar-refractivity contribution in [1.29, 1.82) is 0 Å². The van der Waals surface area contributed by atoms with Crippen LogP contribution in [-0.2, 0) is 6.54 Å². The second-order valence-electron chi connectivity index (χ2n) is 3.72. The van der Waals surface area contributed by atoms with Crippen LogP contribution in [0.5, 0.6) is 0 Å². The summed E-state index contributed by atoms with van der Waals surface area (Å²) in [6.07, 6.45) is 0. The molecule has 1 aromatic carbocycles. The highest BCUT2D eigenvalue weighted by molar-refractivity contribution is 6.35. The van der Waals surface area contributed by atoms with E-state index in [0.717, 1.165) is 28.7 Å². The van der Waals surface area contributed by atoms with Gasteiger partial charge in [-0.1, -0.05) is 43.1 Å². The van der Waals surface area contributed by atoms with E-state index in [2.05, 4.69) is 19.2 Å². The molecule has 0 aliphatic rings. The van der Waals surface area contributed by atoms with Crippen LogP contribution in [0.25, 0.3) is 0 Å². The Bertz CT molecular complexity index is 280. The molecule has 1 rings (SSSR count). The van der Waals surface area contributed by atoms with Crippen LogP contribution >= 0.6 is 35.6 Å². The molecule has 0 amide bonds. The first-order chi connectivity index (χ1) is 6.61. The first kappa shape index (κ1) is 15.0. The van der Waals surface area contributed by atoms with Gasteiger partial charge in [0.1, 0.15) is 0 Å². The predicted octanol–water partition coefficient (Wildman–Crippen LogP) is 4.16. The molecule has 0 saturated heterocycles. The minimum atomic E-state index is 0. The molecule has 0 aliphatic heterocycles. The van der Waals surface area contributed by atoms with Gasteiger partial charge in [-0.2, -0.15) is 0 Å². The highest BCUT2D eigenvalue weighted by Crippen LogP contribution is 2.23. The molecule has 1 aromatic rings. The zero-order chi connectivity index (χ0) is 10.6. The van der Waals surface area contributed by atoms with Crippen molar-refractivity contribution in [2.75, 3.05) is 6.54 Å². The molecule has 15 heavy (non-hydrogen) atoms. The van der Waals surface area contributed by atoms with Crippen molar-refractivity contribution in [3.63, 3.8) is 0 Å². The summed E-state index contributed by atoms with van der Waals surface area (Å²) in [6.45, 7) is 6.04. The number of rotatable bonds is 4. The Kier molecular flexibility index (Phi) is 7.37. The van der Waals surface area contributed by atoms with E-state index in [9.17, 15) is 0 Å². The number of hydrogen-bond donors (Lipinski definition) is 1. The SMILES string of the molecule is CC(C)CNCc1c(Cl)cccc1Cl.Cl. The zero-order valence-corrected chi connectivity index (χ0v) is 11.2. The maximum absolute atomic E-state index is 6.02. The highest BCUT2D eigenvalue weighted by atomic mass is 35.5. The van der Waals surface area contributed by atoms with Crippen LogP contribution in [0.3, 0.4) is 0 Å². The van der Waals surface area contributed by atoms with E-state index in [1.54, 1.807) is 0 Å². The summed E-state index contributed by atoms with van der Waals surface area (Å²) in [5.41, 5.74) is 0.983. The van der Waals surface area contributed by atoms with Gasteiger partial charge in [0.25, 0.3) is 0 Å². The van der Waals surface area contributed by atoms with E-state index >= 15 is 0 Å². The highest BCUT2D eigenvalue weighted by Gasteiger charge is 2.04. The Labute approximate surface area is 108 Å². The number of halogens is 3. The minimum absolute atomic E-state index is 0. The molecular weight excluding hydrogens is 252 g/mol. The standard InChI is InChI=1S/C11H15Cl2N.ClH/c1-8(2)6-14-7-9-10(12)4-3-5-11(9)13;/h3-5,8,14H,6-7H2,1-2H3;1H. The van der Waals surface area contributed by atoms with Crippen molar-refractivity contribution < 1.29 is 0 Å². The monoisotopic (exact) mass is 267 g/mol. The minimum Gasteiger partial charge on any atom is -0.312 e. The van der Waals surface area contributed by atoms with Gasteiger partial charge in [-0.25, -0.2) is 0 Å². The smallest absolute Gasteiger partial charge is 0.0465 e. The van der Waals surface area contributed by atoms with E-state index in [4.69, 9.17) is 23.2 Å². The van der Waals surface area contributed by atoms with Crippen molar-refractivity contribution >= 4 is 35.6 Å². The number of benzene rings is 1. The number of hydrogen-bond acceptors (Lipinski definition) is 1. The zero-order valence-electron chi connectivity index (χ0n) is 8.89. The summed E-state index contributed by atoms with van der Waals surface area (Å²) in [5, 5.41) is 4.77. The van der Waals surface area contributed by atoms with Gasteiger partial charge in [0.05, 0.1) is 0 Å². The van der Waals surface area contributed by atoms with E-state index in [-0.39, 0.29) is 12.4 Å². The van der Waals surface area contributed by atoms with E-state index in [1.165, 1.54) is 0 Å². The van der Waals surface area contributed by atoms with E-state index in [1.807, 2.05) is 18.2 Å². The largest absolute Gasteiger partial charge is 0.312 e. The molecule has 0 bridgehead atoms.